The fourth-order valence-corrected chi connectivity index (χ4v) is 2.81. The number of nitrogens with zero attached hydrogens (tertiary/aromatic N) is 1. The van der Waals surface area contributed by atoms with Gasteiger partial charge in [0.1, 0.15) is 5.75 Å². The summed E-state index contributed by atoms with van der Waals surface area (Å²) in [5.74, 6) is 1.21. The molecule has 132 valence electrons. The SMILES string of the molecule is CC(C)COc1ccc(C=NNC(=O)C(C)Sc2ccccc2)cc1. The van der Waals surface area contributed by atoms with Crippen LogP contribution in [0.1, 0.15) is 26.3 Å². The minimum absolute atomic E-state index is 0.123. The van der Waals surface area contributed by atoms with Crippen molar-refractivity contribution in [1.29, 1.82) is 0 Å². The number of benzene rings is 2. The zero-order valence-electron chi connectivity index (χ0n) is 14.8. The van der Waals surface area contributed by atoms with Crippen molar-refractivity contribution in [3.05, 3.63) is 60.2 Å². The number of thioether (sulfide) groups is 1. The summed E-state index contributed by atoms with van der Waals surface area (Å²) in [6.45, 7) is 6.78. The van der Waals surface area contributed by atoms with E-state index in [-0.39, 0.29) is 11.2 Å². The first-order valence-corrected chi connectivity index (χ1v) is 9.20. The summed E-state index contributed by atoms with van der Waals surface area (Å²) >= 11 is 1.51. The molecule has 0 heterocycles. The molecule has 0 saturated carbocycles. The third kappa shape index (κ3) is 7.01. The Hall–Kier alpha value is -2.27. The third-order valence-electron chi connectivity index (χ3n) is 3.28. The molecule has 1 amide bonds. The van der Waals surface area contributed by atoms with Crippen LogP contribution in [-0.4, -0.2) is 24.0 Å². The highest BCUT2D eigenvalue weighted by atomic mass is 32.2. The van der Waals surface area contributed by atoms with Gasteiger partial charge >= 0.3 is 0 Å². The highest BCUT2D eigenvalue weighted by Gasteiger charge is 2.13. The minimum atomic E-state index is -0.216. The van der Waals surface area contributed by atoms with Crippen molar-refractivity contribution in [2.24, 2.45) is 11.0 Å². The maximum absolute atomic E-state index is 12.1. The van der Waals surface area contributed by atoms with E-state index in [0.29, 0.717) is 12.5 Å². The van der Waals surface area contributed by atoms with Crippen LogP contribution >= 0.6 is 11.8 Å². The minimum Gasteiger partial charge on any atom is -0.493 e. The van der Waals surface area contributed by atoms with Crippen LogP contribution < -0.4 is 10.2 Å². The first-order valence-electron chi connectivity index (χ1n) is 8.32. The van der Waals surface area contributed by atoms with Gasteiger partial charge in [-0.1, -0.05) is 32.0 Å². The molecule has 2 aromatic rings. The first-order chi connectivity index (χ1) is 12.0. The Morgan fingerprint density at radius 1 is 1.12 bits per heavy atom. The molecule has 1 unspecified atom stereocenters. The molecule has 0 bridgehead atoms. The van der Waals surface area contributed by atoms with Crippen molar-refractivity contribution in [2.75, 3.05) is 6.61 Å². The van der Waals surface area contributed by atoms with E-state index in [1.54, 1.807) is 6.21 Å². The largest absolute Gasteiger partial charge is 0.493 e. The summed E-state index contributed by atoms with van der Waals surface area (Å²) in [6.07, 6.45) is 1.63. The normalized spacial score (nSPS) is 12.3. The van der Waals surface area contributed by atoms with Crippen molar-refractivity contribution in [3.8, 4) is 5.75 Å². The highest BCUT2D eigenvalue weighted by molar-refractivity contribution is 8.00. The van der Waals surface area contributed by atoms with E-state index < -0.39 is 0 Å². The van der Waals surface area contributed by atoms with Crippen molar-refractivity contribution in [2.45, 2.75) is 30.9 Å². The maximum atomic E-state index is 12.1. The topological polar surface area (TPSA) is 50.7 Å². The summed E-state index contributed by atoms with van der Waals surface area (Å²) in [4.78, 5) is 13.1. The molecule has 0 aliphatic carbocycles. The van der Waals surface area contributed by atoms with Gasteiger partial charge in [-0.05, 0) is 54.8 Å². The molecule has 0 saturated heterocycles. The number of carbonyl (C=O) groups is 1. The third-order valence-corrected chi connectivity index (χ3v) is 4.39. The molecule has 0 aliphatic rings. The van der Waals surface area contributed by atoms with E-state index in [4.69, 9.17) is 4.74 Å². The fraction of sp³-hybridized carbons (Fsp3) is 0.300. The number of hydrogen-bond acceptors (Lipinski definition) is 4. The second kappa shape index (κ2) is 9.89. The van der Waals surface area contributed by atoms with Crippen molar-refractivity contribution >= 4 is 23.9 Å². The Bertz CT molecular complexity index is 685. The number of amides is 1. The molecular formula is C20H24N2O2S. The van der Waals surface area contributed by atoms with E-state index in [9.17, 15) is 4.79 Å². The molecule has 4 nitrogen and oxygen atoms in total. The molecule has 0 radical (unpaired) electrons. The number of hydrogen-bond donors (Lipinski definition) is 1. The number of hydrazone groups is 1. The van der Waals surface area contributed by atoms with Gasteiger partial charge in [0.15, 0.2) is 0 Å². The van der Waals surface area contributed by atoms with Crippen LogP contribution in [0.15, 0.2) is 64.6 Å². The Morgan fingerprint density at radius 2 is 1.80 bits per heavy atom. The van der Waals surface area contributed by atoms with Gasteiger partial charge in [0.2, 0.25) is 0 Å². The predicted molar refractivity (Wildman–Crippen MR) is 104 cm³/mol. The van der Waals surface area contributed by atoms with Gasteiger partial charge in [-0.2, -0.15) is 5.10 Å². The van der Waals surface area contributed by atoms with Crippen LogP contribution in [0.5, 0.6) is 5.75 Å². The lowest BCUT2D eigenvalue weighted by atomic mass is 10.2. The Balaban J connectivity index is 1.80. The van der Waals surface area contributed by atoms with Crippen molar-refractivity contribution in [3.63, 3.8) is 0 Å². The quantitative estimate of drug-likeness (QED) is 0.434. The lowest BCUT2D eigenvalue weighted by Crippen LogP contribution is -2.26. The summed E-state index contributed by atoms with van der Waals surface area (Å²) in [7, 11) is 0. The number of rotatable bonds is 8. The van der Waals surface area contributed by atoms with E-state index in [1.165, 1.54) is 11.8 Å². The van der Waals surface area contributed by atoms with Crippen molar-refractivity contribution < 1.29 is 9.53 Å². The molecule has 1 atom stereocenters. The number of ether oxygens (including phenoxy) is 1. The standard InChI is InChI=1S/C20H24N2O2S/c1-15(2)14-24-18-11-9-17(10-12-18)13-21-22-20(23)16(3)25-19-7-5-4-6-8-19/h4-13,15-16H,14H2,1-3H3,(H,22,23). The number of carbonyl (C=O) groups excluding carboxylic acids is 1. The zero-order valence-corrected chi connectivity index (χ0v) is 15.6. The molecule has 0 aromatic heterocycles. The van der Waals surface area contributed by atoms with Crippen LogP contribution in [0.2, 0.25) is 0 Å². The zero-order chi connectivity index (χ0) is 18.1. The second-order valence-electron chi connectivity index (χ2n) is 6.08. The fourth-order valence-electron chi connectivity index (χ4n) is 1.93. The summed E-state index contributed by atoms with van der Waals surface area (Å²) in [6, 6.07) is 17.5. The second-order valence-corrected chi connectivity index (χ2v) is 7.50. The van der Waals surface area contributed by atoms with Gasteiger partial charge < -0.3 is 4.74 Å². The van der Waals surface area contributed by atoms with Gasteiger partial charge in [-0.25, -0.2) is 5.43 Å². The van der Waals surface area contributed by atoms with Crippen molar-refractivity contribution in [1.82, 2.24) is 5.43 Å². The molecule has 0 fully saturated rings. The van der Waals surface area contributed by atoms with Gasteiger partial charge in [-0.15, -0.1) is 11.8 Å². The maximum Gasteiger partial charge on any atom is 0.253 e. The van der Waals surface area contributed by atoms with E-state index >= 15 is 0 Å². The summed E-state index contributed by atoms with van der Waals surface area (Å²) in [5.41, 5.74) is 3.49. The molecule has 2 aromatic carbocycles. The van der Waals surface area contributed by atoms with Gasteiger partial charge in [0.05, 0.1) is 18.1 Å². The molecule has 25 heavy (non-hydrogen) atoms. The average molecular weight is 356 g/mol. The molecule has 0 spiro atoms. The van der Waals surface area contributed by atoms with E-state index in [2.05, 4.69) is 24.4 Å². The highest BCUT2D eigenvalue weighted by Crippen LogP contribution is 2.22. The lowest BCUT2D eigenvalue weighted by molar-refractivity contribution is -0.120. The molecule has 1 N–H and O–H groups in total. The molecule has 2 rings (SSSR count). The molecule has 0 aliphatic heterocycles. The van der Waals surface area contributed by atoms with Gasteiger partial charge in [0, 0.05) is 4.90 Å². The first kappa shape index (κ1) is 19.1. The summed E-state index contributed by atoms with van der Waals surface area (Å²) < 4.78 is 5.64. The Morgan fingerprint density at radius 3 is 2.44 bits per heavy atom. The van der Waals surface area contributed by atoms with Gasteiger partial charge in [0.25, 0.3) is 5.91 Å². The van der Waals surface area contributed by atoms with Crippen LogP contribution in [0.25, 0.3) is 0 Å². The van der Waals surface area contributed by atoms with Crippen LogP contribution in [0.3, 0.4) is 0 Å². The van der Waals surface area contributed by atoms with Crippen LogP contribution in [0.4, 0.5) is 0 Å². The molecular weight excluding hydrogens is 332 g/mol. The van der Waals surface area contributed by atoms with Crippen LogP contribution in [-0.2, 0) is 4.79 Å². The molecule has 5 heteroatoms. The lowest BCUT2D eigenvalue weighted by Gasteiger charge is -2.09. The van der Waals surface area contributed by atoms with E-state index in [0.717, 1.165) is 16.2 Å². The van der Waals surface area contributed by atoms with Crippen LogP contribution in [0, 0.1) is 5.92 Å². The monoisotopic (exact) mass is 356 g/mol. The van der Waals surface area contributed by atoms with E-state index in [1.807, 2.05) is 61.5 Å². The average Bonchev–Trinajstić information content (AvgIpc) is 2.61. The Kier molecular flexibility index (Phi) is 7.54. The number of nitrogens with one attached hydrogen (secondary N) is 1. The summed E-state index contributed by atoms with van der Waals surface area (Å²) in [5, 5.41) is 3.81. The van der Waals surface area contributed by atoms with Gasteiger partial charge in [-0.3, -0.25) is 4.79 Å². The predicted octanol–water partition coefficient (Wildman–Crippen LogP) is 4.35. The smallest absolute Gasteiger partial charge is 0.253 e. The Labute approximate surface area is 153 Å².